The molecule has 0 radical (unpaired) electrons. The molecule has 0 aliphatic rings. The minimum absolute atomic E-state index is 0.125. The minimum Gasteiger partial charge on any atom is -0.397 e. The number of nitrogens with two attached hydrogens (primary N) is 2. The Labute approximate surface area is 510 Å². The van der Waals surface area contributed by atoms with E-state index in [1.165, 1.54) is 180 Å². The molecule has 2 unspecified atom stereocenters. The number of pyridine rings is 2. The van der Waals surface area contributed by atoms with Crippen molar-refractivity contribution in [2.24, 2.45) is 11.8 Å². The second-order valence-electron chi connectivity index (χ2n) is 25.7. The number of fused-ring (bicyclic) bond motifs is 10. The Morgan fingerprint density at radius 1 is 0.360 bits per heavy atom. The Morgan fingerprint density at radius 2 is 0.628 bits per heavy atom. The van der Waals surface area contributed by atoms with Crippen molar-refractivity contribution in [3.8, 4) is 23.7 Å². The Hall–Kier alpha value is -7.16. The smallest absolute Gasteiger partial charge is 0.264 e. The fourth-order valence-corrected chi connectivity index (χ4v) is 14.5. The topological polar surface area (TPSA) is 121 Å². The first-order valence-electron chi connectivity index (χ1n) is 34.2. The third-order valence-electron chi connectivity index (χ3n) is 19.3. The van der Waals surface area contributed by atoms with Gasteiger partial charge in [0.25, 0.3) is 11.1 Å². The van der Waals surface area contributed by atoms with Crippen LogP contribution in [0.5, 0.6) is 0 Å². The molecule has 4 aromatic heterocycles. The van der Waals surface area contributed by atoms with E-state index in [0.29, 0.717) is 67.3 Å². The Balaban J connectivity index is 0.924. The van der Waals surface area contributed by atoms with E-state index in [2.05, 4.69) is 87.8 Å². The van der Waals surface area contributed by atoms with Crippen molar-refractivity contribution in [2.45, 2.75) is 233 Å². The summed E-state index contributed by atoms with van der Waals surface area (Å²) in [6, 6.07) is 24.7. The highest BCUT2D eigenvalue weighted by Gasteiger charge is 2.25. The average Bonchev–Trinajstić information content (AvgIpc) is 1.13. The number of nitrogen functional groups attached to an aromatic ring is 2. The van der Waals surface area contributed by atoms with E-state index in [0.717, 1.165) is 90.7 Å². The van der Waals surface area contributed by atoms with Crippen molar-refractivity contribution in [1.82, 2.24) is 18.8 Å². The fraction of sp³-hybridized carbons (Fsp3) is 0.487. The molecule has 0 aliphatic carbocycles. The van der Waals surface area contributed by atoms with Gasteiger partial charge in [-0.05, 0) is 107 Å². The highest BCUT2D eigenvalue weighted by Crippen LogP contribution is 2.46. The van der Waals surface area contributed by atoms with Crippen LogP contribution >= 0.6 is 0 Å². The van der Waals surface area contributed by atoms with Crippen molar-refractivity contribution in [2.75, 3.05) is 11.5 Å². The standard InChI is InChI=1S/C78H94N6O2/c1-5-9-13-17-21-23-27-31-35-53(33-29-25-19-15-11-7-3)37-39-55-49-65(79)73-67(51-55)83-75(81-73)61-45-41-57-60-44-48-64-72-62(46-42-58(70(60)72)59-43-47-63(77(83)85)71(61)69(57)59)76-82-74-66(80)50-56(52-68(74)84(76)78(64)86)40-38-54(34-30-26-20-16-12-8-4)36-32-28-24-22-18-14-10-6-2/h41-54H,5-36,79-80H2,1-4H3. The lowest BCUT2D eigenvalue weighted by molar-refractivity contribution is 0.474. The van der Waals surface area contributed by atoms with Crippen LogP contribution < -0.4 is 22.6 Å². The van der Waals surface area contributed by atoms with Gasteiger partial charge in [-0.25, -0.2) is 9.97 Å². The van der Waals surface area contributed by atoms with Crippen LogP contribution in [0.3, 0.4) is 0 Å². The highest BCUT2D eigenvalue weighted by atomic mass is 16.1. The zero-order valence-electron chi connectivity index (χ0n) is 52.5. The van der Waals surface area contributed by atoms with Crippen LogP contribution in [0.1, 0.15) is 244 Å². The number of benzene rings is 7. The molecule has 4 heterocycles. The number of nitrogens with zero attached hydrogens (tertiary/aromatic N) is 4. The first kappa shape index (κ1) is 60.5. The zero-order valence-corrected chi connectivity index (χ0v) is 52.5. The average molecular weight is 1150 g/mol. The lowest BCUT2D eigenvalue weighted by Crippen LogP contribution is -2.14. The van der Waals surface area contributed by atoms with E-state index in [-0.39, 0.29) is 11.1 Å². The maximum Gasteiger partial charge on any atom is 0.264 e. The summed E-state index contributed by atoms with van der Waals surface area (Å²) in [5.74, 6) is 15.2. The molecule has 0 fully saturated rings. The van der Waals surface area contributed by atoms with E-state index in [1.54, 1.807) is 8.80 Å². The molecule has 11 aromatic rings. The normalized spacial score (nSPS) is 12.9. The number of unbranched alkanes of at least 4 members (excludes halogenated alkanes) is 24. The monoisotopic (exact) mass is 1150 g/mol. The molecular weight excluding hydrogens is 1050 g/mol. The molecule has 8 nitrogen and oxygen atoms in total. The van der Waals surface area contributed by atoms with Crippen LogP contribution in [0.4, 0.5) is 11.4 Å². The van der Waals surface area contributed by atoms with Gasteiger partial charge in [0.1, 0.15) is 22.3 Å². The Bertz CT molecular complexity index is 4070. The van der Waals surface area contributed by atoms with Crippen LogP contribution in [0.25, 0.3) is 98.0 Å². The van der Waals surface area contributed by atoms with Gasteiger partial charge in [0.2, 0.25) is 0 Å². The first-order chi connectivity index (χ1) is 42.2. The van der Waals surface area contributed by atoms with Gasteiger partial charge in [-0.2, -0.15) is 0 Å². The molecule has 0 bridgehead atoms. The van der Waals surface area contributed by atoms with Crippen molar-refractivity contribution in [3.05, 3.63) is 105 Å². The summed E-state index contributed by atoms with van der Waals surface area (Å²) in [7, 11) is 0. The summed E-state index contributed by atoms with van der Waals surface area (Å²) in [5, 5.41) is 10.9. The number of hydrogen-bond acceptors (Lipinski definition) is 6. The van der Waals surface area contributed by atoms with Crippen molar-refractivity contribution in [1.29, 1.82) is 0 Å². The van der Waals surface area contributed by atoms with Gasteiger partial charge in [-0.3, -0.25) is 18.4 Å². The van der Waals surface area contributed by atoms with Gasteiger partial charge in [0, 0.05) is 55.3 Å². The van der Waals surface area contributed by atoms with Gasteiger partial charge in [0.05, 0.1) is 22.4 Å². The lowest BCUT2D eigenvalue weighted by Gasteiger charge is -2.18. The molecule has 0 saturated carbocycles. The molecule has 0 aliphatic heterocycles. The van der Waals surface area contributed by atoms with Crippen LogP contribution in [-0.4, -0.2) is 18.8 Å². The second-order valence-corrected chi connectivity index (χ2v) is 25.7. The molecular formula is C78H94N6O2. The van der Waals surface area contributed by atoms with Crippen molar-refractivity contribution in [3.63, 3.8) is 0 Å². The largest absolute Gasteiger partial charge is 0.397 e. The molecule has 11 rings (SSSR count). The van der Waals surface area contributed by atoms with Gasteiger partial charge < -0.3 is 11.5 Å². The predicted molar refractivity (Wildman–Crippen MR) is 370 cm³/mol. The van der Waals surface area contributed by atoms with Crippen LogP contribution in [0, 0.1) is 35.5 Å². The molecule has 8 heteroatoms. The summed E-state index contributed by atoms with van der Waals surface area (Å²) < 4.78 is 3.53. The molecule has 86 heavy (non-hydrogen) atoms. The Kier molecular flexibility index (Phi) is 20.1. The van der Waals surface area contributed by atoms with E-state index < -0.39 is 0 Å². The zero-order chi connectivity index (χ0) is 59.5. The number of rotatable bonds is 32. The number of imidazole rings is 2. The third-order valence-corrected chi connectivity index (χ3v) is 19.3. The van der Waals surface area contributed by atoms with Crippen molar-refractivity contribution >= 4 is 109 Å². The van der Waals surface area contributed by atoms with Gasteiger partial charge in [0.15, 0.2) is 0 Å². The van der Waals surface area contributed by atoms with Crippen molar-refractivity contribution < 1.29 is 0 Å². The molecule has 0 spiro atoms. The minimum atomic E-state index is -0.125. The first-order valence-corrected chi connectivity index (χ1v) is 34.2. The van der Waals surface area contributed by atoms with E-state index in [4.69, 9.17) is 21.4 Å². The van der Waals surface area contributed by atoms with Crippen LogP contribution in [0.15, 0.2) is 82.4 Å². The van der Waals surface area contributed by atoms with E-state index in [1.807, 2.05) is 36.4 Å². The maximum atomic E-state index is 15.1. The molecule has 2 atom stereocenters. The highest BCUT2D eigenvalue weighted by molar-refractivity contribution is 6.40. The number of anilines is 2. The molecule has 7 aromatic carbocycles. The molecule has 0 saturated heterocycles. The summed E-state index contributed by atoms with van der Waals surface area (Å²) >= 11 is 0. The molecule has 4 N–H and O–H groups in total. The summed E-state index contributed by atoms with van der Waals surface area (Å²) in [4.78, 5) is 40.6. The quantitative estimate of drug-likeness (QED) is 0.0142. The van der Waals surface area contributed by atoms with Gasteiger partial charge in [-0.15, -0.1) is 0 Å². The summed E-state index contributed by atoms with van der Waals surface area (Å²) in [6.07, 6.45) is 40.7. The lowest BCUT2D eigenvalue weighted by atomic mass is 9.86. The van der Waals surface area contributed by atoms with Crippen LogP contribution in [-0.2, 0) is 0 Å². The fourth-order valence-electron chi connectivity index (χ4n) is 14.5. The Morgan fingerprint density at radius 3 is 0.942 bits per heavy atom. The second kappa shape index (κ2) is 28.6. The van der Waals surface area contributed by atoms with E-state index in [9.17, 15) is 0 Å². The SMILES string of the molecule is CCCCCCCCCCC(C#Cc1cc(N)c2nc3c4ccc5c6ccc7c(=O)n8c9cc(C#CC(CCCCCCCC)CCCCCCCCCC)cc(N)c9nc8c8ccc(c9ccc(c(=O)n3c2c1)c4c95)c6c78)CCCCCCCC. The van der Waals surface area contributed by atoms with Gasteiger partial charge >= 0.3 is 0 Å². The maximum absolute atomic E-state index is 15.1. The number of hydrogen-bond donors (Lipinski definition) is 2. The predicted octanol–water partition coefficient (Wildman–Crippen LogP) is 20.9. The van der Waals surface area contributed by atoms with E-state index >= 15 is 9.59 Å². The summed E-state index contributed by atoms with van der Waals surface area (Å²) in [6.45, 7) is 9.11. The van der Waals surface area contributed by atoms with Gasteiger partial charge in [-0.1, -0.05) is 255 Å². The van der Waals surface area contributed by atoms with Crippen LogP contribution in [0.2, 0.25) is 0 Å². The third kappa shape index (κ3) is 12.7. The molecule has 0 amide bonds. The number of aromatic nitrogens is 4. The molecule has 448 valence electrons. The summed E-state index contributed by atoms with van der Waals surface area (Å²) in [5.41, 5.74) is 20.0.